The number of hydrogen-bond acceptors (Lipinski definition) is 5. The number of aryl methyl sites for hydroxylation is 1. The summed E-state index contributed by atoms with van der Waals surface area (Å²) in [7, 11) is 0. The van der Waals surface area contributed by atoms with E-state index in [0.29, 0.717) is 21.8 Å². The fourth-order valence-corrected chi connectivity index (χ4v) is 2.81. The van der Waals surface area contributed by atoms with Crippen LogP contribution in [-0.2, 0) is 0 Å². The predicted octanol–water partition coefficient (Wildman–Crippen LogP) is 4.09. The van der Waals surface area contributed by atoms with Crippen LogP contribution in [0.2, 0.25) is 5.02 Å². The molecule has 0 atom stereocenters. The van der Waals surface area contributed by atoms with Gasteiger partial charge in [0.15, 0.2) is 0 Å². The summed E-state index contributed by atoms with van der Waals surface area (Å²) in [4.78, 5) is 11.0. The van der Waals surface area contributed by atoms with E-state index in [1.807, 2.05) is 6.07 Å². The Kier molecular flexibility index (Phi) is 3.48. The minimum absolute atomic E-state index is 0.278. The van der Waals surface area contributed by atoms with Gasteiger partial charge in [0.25, 0.3) is 0 Å². The van der Waals surface area contributed by atoms with Crippen molar-refractivity contribution in [1.82, 2.24) is 8.75 Å². The number of carboxylic acids is 1. The summed E-state index contributed by atoms with van der Waals surface area (Å²) in [6, 6.07) is 8.59. The van der Waals surface area contributed by atoms with E-state index in [1.165, 1.54) is 0 Å². The largest absolute Gasteiger partial charge is 0.478 e. The fourth-order valence-electron chi connectivity index (χ4n) is 2.07. The zero-order valence-corrected chi connectivity index (χ0v) is 12.5. The molecule has 3 rings (SSSR count). The smallest absolute Gasteiger partial charge is 0.335 e. The Morgan fingerprint density at radius 3 is 2.81 bits per heavy atom. The number of aromatic nitrogens is 2. The number of aromatic carboxylic acids is 1. The summed E-state index contributed by atoms with van der Waals surface area (Å²) < 4.78 is 8.40. The molecule has 0 unspecified atom stereocenters. The second-order valence-electron chi connectivity index (χ2n) is 4.51. The monoisotopic (exact) mass is 319 g/mol. The minimum Gasteiger partial charge on any atom is -0.478 e. The van der Waals surface area contributed by atoms with Gasteiger partial charge in [-0.25, -0.2) is 4.79 Å². The lowest BCUT2D eigenvalue weighted by Crippen LogP contribution is -2.01. The summed E-state index contributed by atoms with van der Waals surface area (Å²) in [6.45, 7) is 1.75. The molecular weight excluding hydrogens is 310 g/mol. The molecule has 0 saturated heterocycles. The van der Waals surface area contributed by atoms with Crippen LogP contribution in [-0.4, -0.2) is 19.8 Å². The number of benzene rings is 2. The molecule has 0 amide bonds. The number of nitrogens with zero attached hydrogens (tertiary/aromatic N) is 2. The number of anilines is 2. The van der Waals surface area contributed by atoms with E-state index in [1.54, 1.807) is 31.2 Å². The first-order valence-corrected chi connectivity index (χ1v) is 7.19. The van der Waals surface area contributed by atoms with Gasteiger partial charge in [-0.3, -0.25) is 0 Å². The van der Waals surface area contributed by atoms with Gasteiger partial charge >= 0.3 is 5.97 Å². The van der Waals surface area contributed by atoms with Gasteiger partial charge in [0.1, 0.15) is 11.0 Å². The van der Waals surface area contributed by atoms with E-state index in [-0.39, 0.29) is 5.56 Å². The Morgan fingerprint density at radius 2 is 2.10 bits per heavy atom. The maximum Gasteiger partial charge on any atom is 0.335 e. The number of nitrogens with one attached hydrogen (secondary N) is 1. The van der Waals surface area contributed by atoms with E-state index in [9.17, 15) is 4.79 Å². The molecule has 0 aliphatic carbocycles. The standard InChI is InChI=1S/C14H10ClN3O2S/c1-7-6-8(2-3-9(7)14(19)20)16-12-10(15)4-5-11-13(12)18-21-17-11/h2-6,16H,1H3,(H,19,20). The summed E-state index contributed by atoms with van der Waals surface area (Å²) >= 11 is 7.33. The molecule has 1 heterocycles. The van der Waals surface area contributed by atoms with Gasteiger partial charge < -0.3 is 10.4 Å². The molecule has 0 fully saturated rings. The molecule has 7 heteroatoms. The molecule has 0 saturated carbocycles. The molecule has 0 aliphatic rings. The van der Waals surface area contributed by atoms with Crippen LogP contribution in [0.15, 0.2) is 30.3 Å². The second kappa shape index (κ2) is 5.31. The SMILES string of the molecule is Cc1cc(Nc2c(Cl)ccc3nsnc23)ccc1C(=O)O. The van der Waals surface area contributed by atoms with E-state index in [2.05, 4.69) is 14.1 Å². The normalized spacial score (nSPS) is 10.8. The molecule has 5 nitrogen and oxygen atoms in total. The Bertz CT molecular complexity index is 847. The average molecular weight is 320 g/mol. The Hall–Kier alpha value is -2.18. The van der Waals surface area contributed by atoms with E-state index >= 15 is 0 Å². The van der Waals surface area contributed by atoms with Gasteiger partial charge in [0.2, 0.25) is 0 Å². The lowest BCUT2D eigenvalue weighted by atomic mass is 10.1. The molecule has 2 N–H and O–H groups in total. The summed E-state index contributed by atoms with van der Waals surface area (Å²) in [5, 5.41) is 12.8. The van der Waals surface area contributed by atoms with E-state index in [0.717, 1.165) is 22.9 Å². The number of hydrogen-bond donors (Lipinski definition) is 2. The van der Waals surface area contributed by atoms with Crippen LogP contribution in [0.4, 0.5) is 11.4 Å². The highest BCUT2D eigenvalue weighted by atomic mass is 35.5. The topological polar surface area (TPSA) is 75.1 Å². The highest BCUT2D eigenvalue weighted by molar-refractivity contribution is 7.00. The summed E-state index contributed by atoms with van der Waals surface area (Å²) in [6.07, 6.45) is 0. The number of rotatable bonds is 3. The van der Waals surface area contributed by atoms with Crippen LogP contribution in [0, 0.1) is 6.92 Å². The van der Waals surface area contributed by atoms with Gasteiger partial charge in [0.05, 0.1) is 28.0 Å². The van der Waals surface area contributed by atoms with Crippen molar-refractivity contribution in [3.63, 3.8) is 0 Å². The lowest BCUT2D eigenvalue weighted by Gasteiger charge is -2.10. The van der Waals surface area contributed by atoms with Crippen molar-refractivity contribution < 1.29 is 9.90 Å². The summed E-state index contributed by atoms with van der Waals surface area (Å²) in [5.41, 5.74) is 3.84. The third-order valence-corrected chi connectivity index (χ3v) is 3.96. The van der Waals surface area contributed by atoms with Crippen molar-refractivity contribution in [1.29, 1.82) is 0 Å². The van der Waals surface area contributed by atoms with Gasteiger partial charge in [0, 0.05) is 5.69 Å². The van der Waals surface area contributed by atoms with Gasteiger partial charge in [-0.05, 0) is 42.8 Å². The van der Waals surface area contributed by atoms with Crippen molar-refractivity contribution in [2.24, 2.45) is 0 Å². The highest BCUT2D eigenvalue weighted by Crippen LogP contribution is 2.32. The average Bonchev–Trinajstić information content (AvgIpc) is 2.90. The van der Waals surface area contributed by atoms with Crippen LogP contribution in [0.25, 0.3) is 11.0 Å². The van der Waals surface area contributed by atoms with E-state index < -0.39 is 5.97 Å². The van der Waals surface area contributed by atoms with Crippen molar-refractivity contribution in [3.05, 3.63) is 46.5 Å². The van der Waals surface area contributed by atoms with Crippen molar-refractivity contribution in [2.45, 2.75) is 6.92 Å². The molecule has 0 aliphatic heterocycles. The van der Waals surface area contributed by atoms with Crippen molar-refractivity contribution >= 4 is 51.7 Å². The first-order chi connectivity index (χ1) is 10.1. The number of carboxylic acid groups (broad SMARTS) is 1. The molecule has 2 aromatic carbocycles. The van der Waals surface area contributed by atoms with Crippen molar-refractivity contribution in [3.8, 4) is 0 Å². The molecule has 0 radical (unpaired) electrons. The first kappa shape index (κ1) is 13.8. The van der Waals surface area contributed by atoms with Crippen molar-refractivity contribution in [2.75, 3.05) is 5.32 Å². The molecular formula is C14H10ClN3O2S. The third kappa shape index (κ3) is 2.55. The molecule has 1 aromatic heterocycles. The molecule has 0 spiro atoms. The maximum atomic E-state index is 11.0. The van der Waals surface area contributed by atoms with Crippen LogP contribution in [0.1, 0.15) is 15.9 Å². The molecule has 21 heavy (non-hydrogen) atoms. The molecule has 3 aromatic rings. The fraction of sp³-hybridized carbons (Fsp3) is 0.0714. The predicted molar refractivity (Wildman–Crippen MR) is 83.8 cm³/mol. The summed E-state index contributed by atoms with van der Waals surface area (Å²) in [5.74, 6) is -0.942. The Balaban J connectivity index is 2.03. The second-order valence-corrected chi connectivity index (χ2v) is 5.45. The molecule has 0 bridgehead atoms. The maximum absolute atomic E-state index is 11.0. The minimum atomic E-state index is -0.942. The Morgan fingerprint density at radius 1 is 1.29 bits per heavy atom. The number of carbonyl (C=O) groups is 1. The van der Waals surface area contributed by atoms with E-state index in [4.69, 9.17) is 16.7 Å². The van der Waals surface area contributed by atoms with Gasteiger partial charge in [-0.2, -0.15) is 8.75 Å². The lowest BCUT2D eigenvalue weighted by molar-refractivity contribution is 0.0696. The number of fused-ring (bicyclic) bond motifs is 1. The number of halogens is 1. The quantitative estimate of drug-likeness (QED) is 0.760. The third-order valence-electron chi connectivity index (χ3n) is 3.10. The zero-order chi connectivity index (χ0) is 15.0. The Labute approximate surface area is 129 Å². The highest BCUT2D eigenvalue weighted by Gasteiger charge is 2.12. The van der Waals surface area contributed by atoms with Gasteiger partial charge in [-0.15, -0.1) is 0 Å². The van der Waals surface area contributed by atoms with Crippen LogP contribution in [0.5, 0.6) is 0 Å². The van der Waals surface area contributed by atoms with Crippen LogP contribution in [0.3, 0.4) is 0 Å². The van der Waals surface area contributed by atoms with Crippen LogP contribution < -0.4 is 5.32 Å². The van der Waals surface area contributed by atoms with Crippen LogP contribution >= 0.6 is 23.3 Å². The zero-order valence-electron chi connectivity index (χ0n) is 10.9. The molecule has 106 valence electrons. The first-order valence-electron chi connectivity index (χ1n) is 6.08. The van der Waals surface area contributed by atoms with Gasteiger partial charge in [-0.1, -0.05) is 11.6 Å².